The van der Waals surface area contributed by atoms with Crippen molar-refractivity contribution in [2.45, 2.75) is 63.4 Å². The standard InChI is InChI=1S/C29H37N7O2/c37-28(23-4-2-1-3-5-23)26-13-12-25(30-26)18-21-8-10-24(11-9-21)29(38)35-16-14-34(15-17-35)20-27-31-33-36(32-27)19-22-6-7-22/h1-5,8-11,22,25-26,28,30,37H,6-7,12-20H2. The number of amides is 1. The quantitative estimate of drug-likeness (QED) is 0.452. The van der Waals surface area contributed by atoms with Gasteiger partial charge >= 0.3 is 0 Å². The summed E-state index contributed by atoms with van der Waals surface area (Å²) in [4.78, 5) is 19.1. The van der Waals surface area contributed by atoms with Crippen molar-refractivity contribution >= 4 is 5.91 Å². The van der Waals surface area contributed by atoms with Gasteiger partial charge in [0.1, 0.15) is 0 Å². The molecule has 0 spiro atoms. The van der Waals surface area contributed by atoms with Crippen LogP contribution < -0.4 is 5.32 Å². The van der Waals surface area contributed by atoms with Crippen molar-refractivity contribution in [3.63, 3.8) is 0 Å². The van der Waals surface area contributed by atoms with Crippen LogP contribution >= 0.6 is 0 Å². The van der Waals surface area contributed by atoms with Crippen molar-refractivity contribution < 1.29 is 9.90 Å². The van der Waals surface area contributed by atoms with Gasteiger partial charge in [0.05, 0.1) is 19.2 Å². The monoisotopic (exact) mass is 515 g/mol. The van der Waals surface area contributed by atoms with Gasteiger partial charge in [0.25, 0.3) is 5.91 Å². The summed E-state index contributed by atoms with van der Waals surface area (Å²) in [6, 6.07) is 18.3. The Morgan fingerprint density at radius 3 is 2.47 bits per heavy atom. The predicted octanol–water partition coefficient (Wildman–Crippen LogP) is 2.44. The zero-order valence-corrected chi connectivity index (χ0v) is 21.8. The summed E-state index contributed by atoms with van der Waals surface area (Å²) < 4.78 is 0. The molecule has 1 amide bonds. The molecule has 38 heavy (non-hydrogen) atoms. The Bertz CT molecular complexity index is 1200. The lowest BCUT2D eigenvalue weighted by Gasteiger charge is -2.34. The van der Waals surface area contributed by atoms with Crippen molar-refractivity contribution in [1.29, 1.82) is 0 Å². The molecule has 1 saturated carbocycles. The van der Waals surface area contributed by atoms with Gasteiger partial charge in [-0.1, -0.05) is 42.5 Å². The van der Waals surface area contributed by atoms with E-state index in [0.717, 1.165) is 61.8 Å². The van der Waals surface area contributed by atoms with Crippen LogP contribution in [0.3, 0.4) is 0 Å². The zero-order chi connectivity index (χ0) is 25.9. The maximum atomic E-state index is 13.1. The number of aliphatic hydroxyl groups excluding tert-OH is 1. The molecule has 3 fully saturated rings. The van der Waals surface area contributed by atoms with Gasteiger partial charge in [-0.25, -0.2) is 0 Å². The summed E-state index contributed by atoms with van der Waals surface area (Å²) in [7, 11) is 0. The highest BCUT2D eigenvalue weighted by Gasteiger charge is 2.30. The van der Waals surface area contributed by atoms with Gasteiger partial charge in [0, 0.05) is 43.8 Å². The first-order valence-corrected chi connectivity index (χ1v) is 14.0. The number of tetrazole rings is 1. The lowest BCUT2D eigenvalue weighted by atomic mass is 10.0. The molecule has 3 heterocycles. The van der Waals surface area contributed by atoms with Crippen molar-refractivity contribution in [3.05, 3.63) is 77.1 Å². The Morgan fingerprint density at radius 1 is 0.974 bits per heavy atom. The van der Waals surface area contributed by atoms with Crippen LogP contribution in [-0.2, 0) is 19.5 Å². The van der Waals surface area contributed by atoms with E-state index in [-0.39, 0.29) is 11.9 Å². The molecule has 9 heteroatoms. The summed E-state index contributed by atoms with van der Waals surface area (Å²) in [5, 5.41) is 27.2. The zero-order valence-electron chi connectivity index (χ0n) is 21.8. The molecule has 3 aromatic rings. The number of hydrogen-bond donors (Lipinski definition) is 2. The summed E-state index contributed by atoms with van der Waals surface area (Å²) in [5.41, 5.74) is 2.91. The maximum absolute atomic E-state index is 13.1. The summed E-state index contributed by atoms with van der Waals surface area (Å²) in [6.45, 7) is 4.58. The number of rotatable bonds is 9. The van der Waals surface area contributed by atoms with Gasteiger partial charge < -0.3 is 15.3 Å². The Balaban J connectivity index is 0.956. The van der Waals surface area contributed by atoms with E-state index < -0.39 is 6.10 Å². The third-order valence-corrected chi connectivity index (χ3v) is 8.12. The molecule has 1 aliphatic carbocycles. The molecule has 2 N–H and O–H groups in total. The van der Waals surface area contributed by atoms with Crippen molar-refractivity contribution in [2.24, 2.45) is 5.92 Å². The molecule has 6 rings (SSSR count). The highest BCUT2D eigenvalue weighted by Crippen LogP contribution is 2.30. The number of aliphatic hydroxyl groups is 1. The Kier molecular flexibility index (Phi) is 7.49. The third kappa shape index (κ3) is 6.11. The van der Waals surface area contributed by atoms with Crippen LogP contribution in [0.25, 0.3) is 0 Å². The van der Waals surface area contributed by atoms with Gasteiger partial charge in [-0.3, -0.25) is 9.69 Å². The van der Waals surface area contributed by atoms with Gasteiger partial charge in [-0.15, -0.1) is 10.2 Å². The molecular weight excluding hydrogens is 478 g/mol. The summed E-state index contributed by atoms with van der Waals surface area (Å²) in [6.07, 6.45) is 4.94. The molecular formula is C29H37N7O2. The maximum Gasteiger partial charge on any atom is 0.253 e. The number of nitrogens with one attached hydrogen (secondary N) is 1. The van der Waals surface area contributed by atoms with E-state index in [4.69, 9.17) is 0 Å². The molecule has 2 saturated heterocycles. The second-order valence-electron chi connectivity index (χ2n) is 11.1. The number of hydrogen-bond acceptors (Lipinski definition) is 7. The van der Waals surface area contributed by atoms with Crippen LogP contribution in [0.2, 0.25) is 0 Å². The molecule has 2 aromatic carbocycles. The number of piperazine rings is 1. The first-order chi connectivity index (χ1) is 18.6. The van der Waals surface area contributed by atoms with Gasteiger partial charge in [-0.2, -0.15) is 4.80 Å². The lowest BCUT2D eigenvalue weighted by molar-refractivity contribution is 0.0625. The molecule has 3 unspecified atom stereocenters. The van der Waals surface area contributed by atoms with Crippen LogP contribution in [0.15, 0.2) is 54.6 Å². The Morgan fingerprint density at radius 2 is 1.74 bits per heavy atom. The average Bonchev–Trinajstić information content (AvgIpc) is 3.46. The average molecular weight is 516 g/mol. The fourth-order valence-corrected chi connectivity index (χ4v) is 5.65. The van der Waals surface area contributed by atoms with Crippen molar-refractivity contribution in [2.75, 3.05) is 26.2 Å². The molecule has 9 nitrogen and oxygen atoms in total. The first kappa shape index (κ1) is 25.2. The van der Waals surface area contributed by atoms with E-state index in [1.165, 1.54) is 18.4 Å². The SMILES string of the molecule is O=C(c1ccc(CC2CCC(C(O)c3ccccc3)N2)cc1)N1CCN(Cc2nnn(CC3CC3)n2)CC1. The highest BCUT2D eigenvalue weighted by atomic mass is 16.3. The number of carbonyl (C=O) groups is 1. The molecule has 0 radical (unpaired) electrons. The minimum absolute atomic E-state index is 0.0763. The normalized spacial score (nSPS) is 23.0. The first-order valence-electron chi connectivity index (χ1n) is 14.0. The summed E-state index contributed by atoms with van der Waals surface area (Å²) >= 11 is 0. The van der Waals surface area contributed by atoms with E-state index in [9.17, 15) is 9.90 Å². The molecule has 3 atom stereocenters. The molecule has 2 aliphatic heterocycles. The predicted molar refractivity (Wildman–Crippen MR) is 143 cm³/mol. The minimum Gasteiger partial charge on any atom is -0.387 e. The second kappa shape index (κ2) is 11.3. The Labute approximate surface area is 223 Å². The van der Waals surface area contributed by atoms with Gasteiger partial charge in [-0.05, 0) is 66.5 Å². The third-order valence-electron chi connectivity index (χ3n) is 8.12. The van der Waals surface area contributed by atoms with Gasteiger partial charge in [0.2, 0.25) is 0 Å². The molecule has 200 valence electrons. The minimum atomic E-state index is -0.487. The van der Waals surface area contributed by atoms with Crippen molar-refractivity contribution in [3.8, 4) is 0 Å². The second-order valence-corrected chi connectivity index (χ2v) is 11.1. The molecule has 3 aliphatic rings. The number of nitrogens with zero attached hydrogens (tertiary/aromatic N) is 6. The number of benzene rings is 2. The fraction of sp³-hybridized carbons (Fsp3) is 0.517. The molecule has 1 aromatic heterocycles. The fourth-order valence-electron chi connectivity index (χ4n) is 5.65. The van der Waals surface area contributed by atoms with E-state index in [0.29, 0.717) is 25.7 Å². The van der Waals surface area contributed by atoms with Crippen molar-refractivity contribution in [1.82, 2.24) is 35.3 Å². The summed E-state index contributed by atoms with van der Waals surface area (Å²) in [5.74, 6) is 1.58. The highest BCUT2D eigenvalue weighted by molar-refractivity contribution is 5.94. The largest absolute Gasteiger partial charge is 0.387 e. The molecule has 0 bridgehead atoms. The van der Waals surface area contributed by atoms with E-state index in [2.05, 4.69) is 37.8 Å². The van der Waals surface area contributed by atoms with E-state index in [1.54, 1.807) is 4.80 Å². The smallest absolute Gasteiger partial charge is 0.253 e. The van der Waals surface area contributed by atoms with E-state index >= 15 is 0 Å². The van der Waals surface area contributed by atoms with Crippen LogP contribution in [0, 0.1) is 5.92 Å². The van der Waals surface area contributed by atoms with E-state index in [1.807, 2.05) is 47.4 Å². The van der Waals surface area contributed by atoms with Crippen LogP contribution in [0.1, 0.15) is 59.1 Å². The van der Waals surface area contributed by atoms with Gasteiger partial charge in [0.15, 0.2) is 5.82 Å². The topological polar surface area (TPSA) is 99.4 Å². The number of aromatic nitrogens is 4. The van der Waals surface area contributed by atoms with Crippen LogP contribution in [0.4, 0.5) is 0 Å². The van der Waals surface area contributed by atoms with Crippen LogP contribution in [-0.4, -0.2) is 79.3 Å². The van der Waals surface area contributed by atoms with Crippen LogP contribution in [0.5, 0.6) is 0 Å². The lowest BCUT2D eigenvalue weighted by Crippen LogP contribution is -2.48. The number of carbonyl (C=O) groups excluding carboxylic acids is 1. The Hall–Kier alpha value is -3.14.